The Labute approximate surface area is 175 Å². The summed E-state index contributed by atoms with van der Waals surface area (Å²) in [6.45, 7) is 0.963. The van der Waals surface area contributed by atoms with Gasteiger partial charge in [-0.3, -0.25) is 9.59 Å². The van der Waals surface area contributed by atoms with Crippen LogP contribution in [0.3, 0.4) is 0 Å². The van der Waals surface area contributed by atoms with Crippen LogP contribution >= 0.6 is 0 Å². The van der Waals surface area contributed by atoms with Crippen molar-refractivity contribution in [3.05, 3.63) is 53.1 Å². The van der Waals surface area contributed by atoms with Gasteiger partial charge in [-0.05, 0) is 43.4 Å². The Morgan fingerprint density at radius 2 is 2.00 bits per heavy atom. The van der Waals surface area contributed by atoms with Crippen LogP contribution in [0.15, 0.2) is 30.5 Å². The maximum Gasteiger partial charge on any atom is 0.307 e. The van der Waals surface area contributed by atoms with Gasteiger partial charge in [0.1, 0.15) is 17.2 Å². The molecule has 30 heavy (non-hydrogen) atoms. The molecule has 5 rings (SSSR count). The first-order valence-corrected chi connectivity index (χ1v) is 10.5. The van der Waals surface area contributed by atoms with Gasteiger partial charge in [0.25, 0.3) is 0 Å². The van der Waals surface area contributed by atoms with Gasteiger partial charge in [0.05, 0.1) is 31.7 Å². The fourth-order valence-corrected chi connectivity index (χ4v) is 5.01. The lowest BCUT2D eigenvalue weighted by Gasteiger charge is -2.30. The van der Waals surface area contributed by atoms with E-state index in [1.165, 1.54) is 0 Å². The van der Waals surface area contributed by atoms with E-state index in [-0.39, 0.29) is 24.2 Å². The minimum Gasteiger partial charge on any atom is -0.497 e. The molecule has 1 amide bonds. The van der Waals surface area contributed by atoms with E-state index in [1.54, 1.807) is 7.11 Å². The van der Waals surface area contributed by atoms with Crippen molar-refractivity contribution in [2.24, 2.45) is 5.92 Å². The number of fused-ring (bicyclic) bond motifs is 1. The van der Waals surface area contributed by atoms with Crippen molar-refractivity contribution in [2.75, 3.05) is 7.11 Å². The third-order valence-corrected chi connectivity index (χ3v) is 6.61. The summed E-state index contributed by atoms with van der Waals surface area (Å²) in [7, 11) is 1.65. The van der Waals surface area contributed by atoms with Crippen LogP contribution in [0.4, 0.5) is 0 Å². The third-order valence-electron chi connectivity index (χ3n) is 6.61. The molecule has 7 nitrogen and oxygen atoms in total. The fraction of sp³-hybridized carbons (Fsp3) is 0.478. The van der Waals surface area contributed by atoms with Crippen LogP contribution in [0.25, 0.3) is 0 Å². The van der Waals surface area contributed by atoms with Crippen LogP contribution in [-0.2, 0) is 33.8 Å². The van der Waals surface area contributed by atoms with Crippen molar-refractivity contribution in [3.63, 3.8) is 0 Å². The quantitative estimate of drug-likeness (QED) is 0.725. The lowest BCUT2D eigenvalue weighted by atomic mass is 9.84. The van der Waals surface area contributed by atoms with Gasteiger partial charge in [0.2, 0.25) is 5.91 Å². The summed E-state index contributed by atoms with van der Waals surface area (Å²) in [4.78, 5) is 36.3. The molecule has 1 aliphatic carbocycles. The number of rotatable bonds is 4. The second-order valence-corrected chi connectivity index (χ2v) is 8.48. The molecule has 1 aromatic heterocycles. The predicted octanol–water partition coefficient (Wildman–Crippen LogP) is 2.79. The van der Waals surface area contributed by atoms with Crippen molar-refractivity contribution in [1.82, 2.24) is 14.9 Å². The highest BCUT2D eigenvalue weighted by Crippen LogP contribution is 2.46. The van der Waals surface area contributed by atoms with Gasteiger partial charge in [-0.15, -0.1) is 0 Å². The number of methoxy groups -OCH3 is 1. The van der Waals surface area contributed by atoms with Crippen molar-refractivity contribution >= 4 is 11.9 Å². The Hall–Kier alpha value is -2.96. The Bertz CT molecular complexity index is 982. The lowest BCUT2D eigenvalue weighted by molar-refractivity contribution is -0.151. The molecule has 1 aromatic carbocycles. The number of hydrogen-bond acceptors (Lipinski definition) is 6. The van der Waals surface area contributed by atoms with E-state index in [9.17, 15) is 9.59 Å². The van der Waals surface area contributed by atoms with E-state index in [4.69, 9.17) is 14.5 Å². The van der Waals surface area contributed by atoms with Crippen molar-refractivity contribution in [3.8, 4) is 5.75 Å². The zero-order valence-electron chi connectivity index (χ0n) is 17.1. The molecule has 0 bridgehead atoms. The number of carbonyl (C=O) groups excluding carboxylic acids is 2. The van der Waals surface area contributed by atoms with Crippen LogP contribution in [0.5, 0.6) is 5.75 Å². The summed E-state index contributed by atoms with van der Waals surface area (Å²) >= 11 is 0. The molecule has 1 saturated heterocycles. The number of esters is 1. The van der Waals surface area contributed by atoms with E-state index in [1.807, 2.05) is 35.4 Å². The standard InChI is InChI=1S/C23H25N3O4/c1-29-17-6-4-15(5-7-17)10-20-24-12-16-13-26(14-19(16)25-20)22(28)18-11-21(27)30-23(18)8-2-3-9-23/h4-7,12,18H,2-3,8-11,13-14H2,1H3. The van der Waals surface area contributed by atoms with Gasteiger partial charge in [0, 0.05) is 24.7 Å². The van der Waals surface area contributed by atoms with Gasteiger partial charge in [-0.25, -0.2) is 9.97 Å². The molecular formula is C23H25N3O4. The van der Waals surface area contributed by atoms with E-state index in [0.29, 0.717) is 19.5 Å². The van der Waals surface area contributed by atoms with Crippen molar-refractivity contribution in [2.45, 2.75) is 57.2 Å². The Kier molecular flexibility index (Phi) is 4.68. The first-order valence-electron chi connectivity index (χ1n) is 10.5. The van der Waals surface area contributed by atoms with E-state index >= 15 is 0 Å². The Morgan fingerprint density at radius 1 is 1.23 bits per heavy atom. The molecule has 156 valence electrons. The SMILES string of the molecule is COc1ccc(Cc2ncc3c(n2)CN(C(=O)C2CC(=O)OC24CCCC4)C3)cc1. The molecule has 2 fully saturated rings. The van der Waals surface area contributed by atoms with Crippen molar-refractivity contribution in [1.29, 1.82) is 0 Å². The summed E-state index contributed by atoms with van der Waals surface area (Å²) in [5.74, 6) is 0.955. The van der Waals surface area contributed by atoms with E-state index in [2.05, 4.69) is 4.98 Å². The molecule has 1 spiro atoms. The predicted molar refractivity (Wildman–Crippen MR) is 107 cm³/mol. The van der Waals surface area contributed by atoms with Crippen molar-refractivity contribution < 1.29 is 19.1 Å². The monoisotopic (exact) mass is 407 g/mol. The van der Waals surface area contributed by atoms with Gasteiger partial charge < -0.3 is 14.4 Å². The molecule has 3 aliphatic rings. The van der Waals surface area contributed by atoms with Crippen LogP contribution in [0, 0.1) is 5.92 Å². The smallest absolute Gasteiger partial charge is 0.307 e. The van der Waals surface area contributed by atoms with E-state index in [0.717, 1.165) is 54.1 Å². The maximum absolute atomic E-state index is 13.3. The number of hydrogen-bond donors (Lipinski definition) is 0. The first kappa shape index (κ1) is 19.0. The number of benzene rings is 1. The number of aromatic nitrogens is 2. The molecule has 1 atom stereocenters. The molecule has 3 heterocycles. The molecule has 0 radical (unpaired) electrons. The topological polar surface area (TPSA) is 81.6 Å². The van der Waals surface area contributed by atoms with Crippen LogP contribution in [0.1, 0.15) is 54.7 Å². The highest BCUT2D eigenvalue weighted by molar-refractivity contribution is 5.88. The highest BCUT2D eigenvalue weighted by Gasteiger charge is 2.55. The maximum atomic E-state index is 13.3. The van der Waals surface area contributed by atoms with Gasteiger partial charge in [-0.1, -0.05) is 12.1 Å². The normalized spacial score (nSPS) is 21.7. The average molecular weight is 407 g/mol. The third kappa shape index (κ3) is 3.32. The van der Waals surface area contributed by atoms with Crippen LogP contribution in [-0.4, -0.2) is 39.5 Å². The van der Waals surface area contributed by atoms with Crippen LogP contribution in [0.2, 0.25) is 0 Å². The highest BCUT2D eigenvalue weighted by atomic mass is 16.6. The number of amides is 1. The molecular weight excluding hydrogens is 382 g/mol. The summed E-state index contributed by atoms with van der Waals surface area (Å²) in [5, 5.41) is 0. The largest absolute Gasteiger partial charge is 0.497 e. The number of ether oxygens (including phenoxy) is 2. The zero-order chi connectivity index (χ0) is 20.7. The Balaban J connectivity index is 1.30. The van der Waals surface area contributed by atoms with Gasteiger partial charge >= 0.3 is 5.97 Å². The number of carbonyl (C=O) groups is 2. The molecule has 1 saturated carbocycles. The molecule has 2 aliphatic heterocycles. The van der Waals surface area contributed by atoms with Crippen LogP contribution < -0.4 is 4.74 Å². The second-order valence-electron chi connectivity index (χ2n) is 8.48. The second kappa shape index (κ2) is 7.38. The summed E-state index contributed by atoms with van der Waals surface area (Å²) < 4.78 is 10.9. The molecule has 7 heteroatoms. The first-order chi connectivity index (χ1) is 14.6. The summed E-state index contributed by atoms with van der Waals surface area (Å²) in [6.07, 6.45) is 6.26. The molecule has 1 unspecified atom stereocenters. The summed E-state index contributed by atoms with van der Waals surface area (Å²) in [5.41, 5.74) is 2.40. The number of nitrogens with zero attached hydrogens (tertiary/aromatic N) is 3. The fourth-order valence-electron chi connectivity index (χ4n) is 5.01. The van der Waals surface area contributed by atoms with E-state index < -0.39 is 5.60 Å². The zero-order valence-corrected chi connectivity index (χ0v) is 17.1. The lowest BCUT2D eigenvalue weighted by Crippen LogP contribution is -2.43. The molecule has 2 aromatic rings. The molecule has 0 N–H and O–H groups in total. The average Bonchev–Trinajstić information content (AvgIpc) is 3.47. The van der Waals surface area contributed by atoms with Gasteiger partial charge in [0.15, 0.2) is 0 Å². The minimum absolute atomic E-state index is 0.0115. The summed E-state index contributed by atoms with van der Waals surface area (Å²) in [6, 6.07) is 7.85. The van der Waals surface area contributed by atoms with Gasteiger partial charge in [-0.2, -0.15) is 0 Å². The minimum atomic E-state index is -0.575. The Morgan fingerprint density at radius 3 is 2.73 bits per heavy atom.